The average molecular weight is 324 g/mol. The zero-order chi connectivity index (χ0) is 16.1. The fraction of sp³-hybridized carbons (Fsp3) is 0.357. The number of halogens is 1. The highest BCUT2D eigenvalue weighted by atomic mass is 35.5. The number of hydrogen-bond donors (Lipinski definition) is 1. The first-order valence-corrected chi connectivity index (χ1v) is 7.03. The van der Waals surface area contributed by atoms with Crippen LogP contribution in [0.25, 0.3) is 0 Å². The van der Waals surface area contributed by atoms with Gasteiger partial charge in [-0.15, -0.1) is 5.10 Å². The number of hydrogen-bond acceptors (Lipinski definition) is 5. The van der Waals surface area contributed by atoms with Crippen molar-refractivity contribution in [3.63, 3.8) is 0 Å². The molecule has 1 heterocycles. The first-order chi connectivity index (χ1) is 10.5. The molecule has 118 valence electrons. The van der Waals surface area contributed by atoms with Gasteiger partial charge in [-0.05, 0) is 25.2 Å². The Morgan fingerprint density at radius 1 is 1.50 bits per heavy atom. The number of anilines is 1. The van der Waals surface area contributed by atoms with Crippen LogP contribution in [0, 0.1) is 0 Å². The van der Waals surface area contributed by atoms with Crippen molar-refractivity contribution < 1.29 is 9.53 Å². The second-order valence-corrected chi connectivity index (χ2v) is 5.39. The van der Waals surface area contributed by atoms with Gasteiger partial charge in [0.1, 0.15) is 5.75 Å². The molecule has 7 nitrogen and oxygen atoms in total. The standard InChI is InChI=1S/C14H18ClN5O2/c1-19(7-11-8-20(2)18-17-11)9-14(21)16-12-6-10(15)4-5-13(12)22-3/h4-6,8H,7,9H2,1-3H3,(H,16,21). The van der Waals surface area contributed by atoms with Crippen LogP contribution in [0.1, 0.15) is 5.69 Å². The summed E-state index contributed by atoms with van der Waals surface area (Å²) in [5.41, 5.74) is 1.35. The maximum Gasteiger partial charge on any atom is 0.238 e. The first-order valence-electron chi connectivity index (χ1n) is 6.65. The van der Waals surface area contributed by atoms with Crippen molar-refractivity contribution in [2.75, 3.05) is 26.0 Å². The highest BCUT2D eigenvalue weighted by Crippen LogP contribution is 2.27. The smallest absolute Gasteiger partial charge is 0.238 e. The minimum atomic E-state index is -0.160. The number of nitrogens with one attached hydrogen (secondary N) is 1. The molecule has 0 aliphatic rings. The largest absolute Gasteiger partial charge is 0.495 e. The van der Waals surface area contributed by atoms with E-state index in [4.69, 9.17) is 16.3 Å². The summed E-state index contributed by atoms with van der Waals surface area (Å²) in [5.74, 6) is 0.404. The lowest BCUT2D eigenvalue weighted by Gasteiger charge is -2.16. The Labute approximate surface area is 133 Å². The molecular weight excluding hydrogens is 306 g/mol. The van der Waals surface area contributed by atoms with Crippen LogP contribution in [-0.2, 0) is 18.4 Å². The van der Waals surface area contributed by atoms with Crippen molar-refractivity contribution in [2.45, 2.75) is 6.54 Å². The van der Waals surface area contributed by atoms with Crippen molar-refractivity contribution in [3.05, 3.63) is 35.1 Å². The molecule has 0 spiro atoms. The zero-order valence-corrected chi connectivity index (χ0v) is 13.5. The minimum Gasteiger partial charge on any atom is -0.495 e. The molecule has 0 unspecified atom stereocenters. The second kappa shape index (κ2) is 7.24. The summed E-state index contributed by atoms with van der Waals surface area (Å²) in [6.45, 7) is 0.750. The van der Waals surface area contributed by atoms with Gasteiger partial charge >= 0.3 is 0 Å². The van der Waals surface area contributed by atoms with Crippen LogP contribution in [0.2, 0.25) is 5.02 Å². The second-order valence-electron chi connectivity index (χ2n) is 4.95. The molecule has 22 heavy (non-hydrogen) atoms. The number of methoxy groups -OCH3 is 1. The molecule has 0 atom stereocenters. The summed E-state index contributed by atoms with van der Waals surface area (Å²) >= 11 is 5.94. The van der Waals surface area contributed by atoms with Gasteiger partial charge < -0.3 is 10.1 Å². The molecule has 0 radical (unpaired) electrons. The third-order valence-electron chi connectivity index (χ3n) is 2.93. The Bertz CT molecular complexity index is 658. The van der Waals surface area contributed by atoms with Crippen LogP contribution in [0.3, 0.4) is 0 Å². The molecule has 0 bridgehead atoms. The average Bonchev–Trinajstić information content (AvgIpc) is 2.83. The number of aryl methyl sites for hydroxylation is 1. The summed E-state index contributed by atoms with van der Waals surface area (Å²) < 4.78 is 6.82. The summed E-state index contributed by atoms with van der Waals surface area (Å²) in [5, 5.41) is 11.2. The molecule has 0 aliphatic heterocycles. The van der Waals surface area contributed by atoms with E-state index in [0.29, 0.717) is 23.0 Å². The lowest BCUT2D eigenvalue weighted by molar-refractivity contribution is -0.117. The number of benzene rings is 1. The molecule has 1 aromatic heterocycles. The molecular formula is C14H18ClN5O2. The van der Waals surface area contributed by atoms with Gasteiger partial charge in [0, 0.05) is 24.8 Å². The number of carbonyl (C=O) groups is 1. The molecule has 0 fully saturated rings. The number of aromatic nitrogens is 3. The maximum atomic E-state index is 12.1. The van der Waals surface area contributed by atoms with E-state index in [1.165, 1.54) is 0 Å². The Morgan fingerprint density at radius 3 is 2.91 bits per heavy atom. The van der Waals surface area contributed by atoms with E-state index in [1.807, 2.05) is 18.1 Å². The highest BCUT2D eigenvalue weighted by Gasteiger charge is 2.12. The van der Waals surface area contributed by atoms with Gasteiger partial charge in [0.2, 0.25) is 5.91 Å². The molecule has 2 aromatic rings. The number of rotatable bonds is 6. The molecule has 0 saturated heterocycles. The van der Waals surface area contributed by atoms with E-state index in [2.05, 4.69) is 15.6 Å². The SMILES string of the molecule is COc1ccc(Cl)cc1NC(=O)CN(C)Cc1cn(C)nn1. The third-order valence-corrected chi connectivity index (χ3v) is 3.17. The van der Waals surface area contributed by atoms with Crippen LogP contribution in [0.4, 0.5) is 5.69 Å². The quantitative estimate of drug-likeness (QED) is 0.873. The molecule has 0 aliphatic carbocycles. The molecule has 1 amide bonds. The summed E-state index contributed by atoms with van der Waals surface area (Å²) in [6, 6.07) is 5.07. The first kappa shape index (κ1) is 16.3. The number of amides is 1. The fourth-order valence-corrected chi connectivity index (χ4v) is 2.19. The summed E-state index contributed by atoms with van der Waals surface area (Å²) in [6.07, 6.45) is 1.81. The van der Waals surface area contributed by atoms with E-state index in [-0.39, 0.29) is 12.5 Å². The Hall–Kier alpha value is -2.12. The topological polar surface area (TPSA) is 72.3 Å². The van der Waals surface area contributed by atoms with Crippen LogP contribution < -0.4 is 10.1 Å². The van der Waals surface area contributed by atoms with Crippen molar-refractivity contribution in [2.24, 2.45) is 7.05 Å². The van der Waals surface area contributed by atoms with Gasteiger partial charge in [-0.1, -0.05) is 16.8 Å². The van der Waals surface area contributed by atoms with E-state index >= 15 is 0 Å². The van der Waals surface area contributed by atoms with Gasteiger partial charge in [0.05, 0.1) is 25.0 Å². The fourth-order valence-electron chi connectivity index (χ4n) is 2.01. The van der Waals surface area contributed by atoms with Gasteiger partial charge in [-0.2, -0.15) is 0 Å². The van der Waals surface area contributed by atoms with Crippen LogP contribution >= 0.6 is 11.6 Å². The predicted octanol–water partition coefficient (Wildman–Crippen LogP) is 1.55. The molecule has 2 rings (SSSR count). The zero-order valence-electron chi connectivity index (χ0n) is 12.7. The van der Waals surface area contributed by atoms with Crippen LogP contribution in [0.15, 0.2) is 24.4 Å². The van der Waals surface area contributed by atoms with E-state index in [1.54, 1.807) is 37.0 Å². The minimum absolute atomic E-state index is 0.160. The van der Waals surface area contributed by atoms with E-state index < -0.39 is 0 Å². The molecule has 1 aromatic carbocycles. The van der Waals surface area contributed by atoms with Gasteiger partial charge in [0.25, 0.3) is 0 Å². The molecule has 1 N–H and O–H groups in total. The number of likely N-dealkylation sites (N-methyl/N-ethyl adjacent to an activating group) is 1. The Morgan fingerprint density at radius 2 is 2.27 bits per heavy atom. The molecule has 0 saturated carbocycles. The highest BCUT2D eigenvalue weighted by molar-refractivity contribution is 6.31. The number of ether oxygens (including phenoxy) is 1. The van der Waals surface area contributed by atoms with Crippen LogP contribution in [-0.4, -0.2) is 46.5 Å². The number of carbonyl (C=O) groups excluding carboxylic acids is 1. The van der Waals surface area contributed by atoms with Gasteiger partial charge in [0.15, 0.2) is 0 Å². The van der Waals surface area contributed by atoms with E-state index in [9.17, 15) is 4.79 Å². The normalized spacial score (nSPS) is 10.8. The van der Waals surface area contributed by atoms with Crippen molar-refractivity contribution >= 4 is 23.2 Å². The lowest BCUT2D eigenvalue weighted by atomic mass is 10.3. The van der Waals surface area contributed by atoms with Gasteiger partial charge in [-0.3, -0.25) is 14.4 Å². The number of nitrogens with zero attached hydrogens (tertiary/aromatic N) is 4. The van der Waals surface area contributed by atoms with Crippen molar-refractivity contribution in [1.82, 2.24) is 19.9 Å². The Kier molecular flexibility index (Phi) is 5.35. The monoisotopic (exact) mass is 323 g/mol. The van der Waals surface area contributed by atoms with Gasteiger partial charge in [-0.25, -0.2) is 0 Å². The summed E-state index contributed by atoms with van der Waals surface area (Å²) in [4.78, 5) is 13.9. The predicted molar refractivity (Wildman–Crippen MR) is 84.0 cm³/mol. The maximum absolute atomic E-state index is 12.1. The van der Waals surface area contributed by atoms with Crippen LogP contribution in [0.5, 0.6) is 5.75 Å². The lowest BCUT2D eigenvalue weighted by Crippen LogP contribution is -2.30. The summed E-state index contributed by atoms with van der Waals surface area (Å²) in [7, 11) is 5.18. The third kappa shape index (κ3) is 4.44. The van der Waals surface area contributed by atoms with E-state index in [0.717, 1.165) is 5.69 Å². The molecule has 8 heteroatoms. The Balaban J connectivity index is 1.93. The van der Waals surface area contributed by atoms with Crippen molar-refractivity contribution in [3.8, 4) is 5.75 Å². The van der Waals surface area contributed by atoms with Crippen molar-refractivity contribution in [1.29, 1.82) is 0 Å².